The molecule has 0 bridgehead atoms. The van der Waals surface area contributed by atoms with Gasteiger partial charge in [-0.05, 0) is 40.5 Å². The fraction of sp³-hybridized carbons (Fsp3) is 0.750. The Morgan fingerprint density at radius 1 is 0.477 bits per heavy atom. The molecule has 0 fully saturated rings. The summed E-state index contributed by atoms with van der Waals surface area (Å²) in [5.74, 6) is 13.3. The maximum absolute atomic E-state index is 10.2. The van der Waals surface area contributed by atoms with Crippen molar-refractivity contribution in [2.75, 3.05) is 13.2 Å². The van der Waals surface area contributed by atoms with E-state index in [0.29, 0.717) is 35.8 Å². The first-order valence-electron chi connectivity index (χ1n) is 18.0. The maximum atomic E-state index is 10.2. The molecule has 0 saturated heterocycles. The van der Waals surface area contributed by atoms with Crippen LogP contribution in [0.2, 0.25) is 0 Å². The minimum absolute atomic E-state index is 0.623. The minimum atomic E-state index is -1.14. The molecule has 250 valence electrons. The Morgan fingerprint density at radius 3 is 1.02 bits per heavy atom. The second-order valence-corrected chi connectivity index (χ2v) is 13.5. The van der Waals surface area contributed by atoms with Gasteiger partial charge in [0.15, 0.2) is 11.5 Å². The minimum Gasteiger partial charge on any atom is -0.490 e. The smallest absolute Gasteiger partial charge is 0.162 e. The van der Waals surface area contributed by atoms with E-state index in [0.717, 1.165) is 25.7 Å². The van der Waals surface area contributed by atoms with Gasteiger partial charge in [-0.1, -0.05) is 153 Å². The van der Waals surface area contributed by atoms with Gasteiger partial charge in [-0.25, -0.2) is 0 Å². The molecule has 0 aliphatic carbocycles. The number of rotatable bonds is 24. The third kappa shape index (κ3) is 22.4. The quantitative estimate of drug-likeness (QED) is 0.0903. The number of benzene rings is 1. The second-order valence-electron chi connectivity index (χ2n) is 13.5. The van der Waals surface area contributed by atoms with Crippen LogP contribution in [0.15, 0.2) is 12.1 Å². The van der Waals surface area contributed by atoms with Crippen molar-refractivity contribution in [3.63, 3.8) is 0 Å². The van der Waals surface area contributed by atoms with Crippen LogP contribution in [-0.2, 0) is 0 Å². The van der Waals surface area contributed by atoms with Crippen molar-refractivity contribution in [1.82, 2.24) is 0 Å². The van der Waals surface area contributed by atoms with Gasteiger partial charge < -0.3 is 19.7 Å². The van der Waals surface area contributed by atoms with Crippen LogP contribution in [-0.4, -0.2) is 34.6 Å². The topological polar surface area (TPSA) is 58.9 Å². The summed E-state index contributed by atoms with van der Waals surface area (Å²) in [4.78, 5) is 0. The van der Waals surface area contributed by atoms with Crippen LogP contribution in [0.25, 0.3) is 0 Å². The van der Waals surface area contributed by atoms with E-state index in [1.165, 1.54) is 103 Å². The molecule has 0 heterocycles. The van der Waals surface area contributed by atoms with Gasteiger partial charge in [-0.15, -0.1) is 0 Å². The Kier molecular flexibility index (Phi) is 21.9. The Bertz CT molecular complexity index is 910. The highest BCUT2D eigenvalue weighted by molar-refractivity contribution is 5.59. The Labute approximate surface area is 272 Å². The van der Waals surface area contributed by atoms with Gasteiger partial charge in [0, 0.05) is 23.3 Å². The second kappa shape index (κ2) is 24.1. The van der Waals surface area contributed by atoms with Crippen molar-refractivity contribution in [2.45, 2.75) is 181 Å². The van der Waals surface area contributed by atoms with Crippen LogP contribution >= 0.6 is 0 Å². The lowest BCUT2D eigenvalue weighted by molar-refractivity contribution is 0.143. The van der Waals surface area contributed by atoms with E-state index in [2.05, 4.69) is 37.5 Å². The normalized spacial score (nSPS) is 11.5. The molecule has 2 N–H and O–H groups in total. The van der Waals surface area contributed by atoms with E-state index in [1.807, 2.05) is 12.1 Å². The molecular weight excluding hydrogens is 544 g/mol. The predicted octanol–water partition coefficient (Wildman–Crippen LogP) is 10.5. The average molecular weight is 611 g/mol. The Morgan fingerprint density at radius 2 is 0.750 bits per heavy atom. The lowest BCUT2D eigenvalue weighted by Crippen LogP contribution is -2.15. The molecule has 0 unspecified atom stereocenters. The monoisotopic (exact) mass is 610 g/mol. The van der Waals surface area contributed by atoms with Gasteiger partial charge in [0.1, 0.15) is 11.2 Å². The summed E-state index contributed by atoms with van der Waals surface area (Å²) in [5, 5.41) is 20.5. The third-order valence-corrected chi connectivity index (χ3v) is 7.60. The van der Waals surface area contributed by atoms with Crippen molar-refractivity contribution in [3.8, 4) is 35.2 Å². The van der Waals surface area contributed by atoms with Gasteiger partial charge >= 0.3 is 0 Å². The largest absolute Gasteiger partial charge is 0.490 e. The molecule has 0 aromatic heterocycles. The fourth-order valence-electron chi connectivity index (χ4n) is 4.98. The van der Waals surface area contributed by atoms with E-state index in [9.17, 15) is 10.2 Å². The van der Waals surface area contributed by atoms with Crippen LogP contribution < -0.4 is 9.47 Å². The zero-order valence-corrected chi connectivity index (χ0v) is 29.4. The standard InChI is InChI=1S/C40H66O4/c1-7-9-11-13-15-17-19-21-23-25-31-43-37-33-35(27-29-39(3,4)41)36(28-30-40(5,6)42)34-38(37)44-32-26-24-22-20-18-16-14-12-10-8-2/h33-34,41-42H,7-26,31-32H2,1-6H3. The molecular formula is C40H66O4. The van der Waals surface area contributed by atoms with Crippen molar-refractivity contribution in [1.29, 1.82) is 0 Å². The van der Waals surface area contributed by atoms with E-state index in [4.69, 9.17) is 9.47 Å². The van der Waals surface area contributed by atoms with Crippen LogP contribution in [0.3, 0.4) is 0 Å². The van der Waals surface area contributed by atoms with Gasteiger partial charge in [0.2, 0.25) is 0 Å². The van der Waals surface area contributed by atoms with Gasteiger partial charge in [-0.3, -0.25) is 0 Å². The first-order valence-corrected chi connectivity index (χ1v) is 18.0. The molecule has 1 rings (SSSR count). The molecule has 0 radical (unpaired) electrons. The highest BCUT2D eigenvalue weighted by Gasteiger charge is 2.14. The Hall–Kier alpha value is -2.14. The molecule has 0 spiro atoms. The molecule has 4 nitrogen and oxygen atoms in total. The summed E-state index contributed by atoms with van der Waals surface area (Å²) in [6.07, 6.45) is 25.6. The summed E-state index contributed by atoms with van der Waals surface area (Å²) < 4.78 is 12.6. The van der Waals surface area contributed by atoms with Gasteiger partial charge in [0.25, 0.3) is 0 Å². The molecule has 0 atom stereocenters. The SMILES string of the molecule is CCCCCCCCCCCCOc1cc(C#CC(C)(C)O)c(C#CC(C)(C)O)cc1OCCCCCCCCCCCC. The fourth-order valence-corrected chi connectivity index (χ4v) is 4.98. The molecule has 0 amide bonds. The number of ether oxygens (including phenoxy) is 2. The summed E-state index contributed by atoms with van der Waals surface area (Å²) in [7, 11) is 0. The van der Waals surface area contributed by atoms with Crippen LogP contribution in [0, 0.1) is 23.7 Å². The van der Waals surface area contributed by atoms with E-state index in [-0.39, 0.29) is 0 Å². The Balaban J connectivity index is 2.81. The third-order valence-electron chi connectivity index (χ3n) is 7.60. The number of hydrogen-bond donors (Lipinski definition) is 2. The molecule has 0 aliphatic heterocycles. The molecule has 1 aromatic carbocycles. The number of aliphatic hydroxyl groups is 2. The first kappa shape index (κ1) is 39.9. The van der Waals surface area contributed by atoms with Crippen LogP contribution in [0.5, 0.6) is 11.5 Å². The highest BCUT2D eigenvalue weighted by atomic mass is 16.5. The molecule has 4 heteroatoms. The average Bonchev–Trinajstić information content (AvgIpc) is 2.96. The summed E-state index contributed by atoms with van der Waals surface area (Å²) in [5.41, 5.74) is -0.952. The summed E-state index contributed by atoms with van der Waals surface area (Å²) in [6, 6.07) is 3.77. The summed E-state index contributed by atoms with van der Waals surface area (Å²) >= 11 is 0. The molecule has 44 heavy (non-hydrogen) atoms. The van der Waals surface area contributed by atoms with Crippen LogP contribution in [0.1, 0.15) is 181 Å². The van der Waals surface area contributed by atoms with Crippen molar-refractivity contribution in [3.05, 3.63) is 23.3 Å². The van der Waals surface area contributed by atoms with E-state index < -0.39 is 11.2 Å². The van der Waals surface area contributed by atoms with Crippen molar-refractivity contribution >= 4 is 0 Å². The zero-order chi connectivity index (χ0) is 32.5. The van der Waals surface area contributed by atoms with E-state index in [1.54, 1.807) is 27.7 Å². The maximum Gasteiger partial charge on any atom is 0.162 e. The molecule has 0 saturated carbocycles. The lowest BCUT2D eigenvalue weighted by atomic mass is 10.0. The van der Waals surface area contributed by atoms with Gasteiger partial charge in [-0.2, -0.15) is 0 Å². The summed E-state index contributed by atoms with van der Waals surface area (Å²) in [6.45, 7) is 12.4. The number of unbranched alkanes of at least 4 members (excludes halogenated alkanes) is 18. The van der Waals surface area contributed by atoms with Crippen molar-refractivity contribution in [2.24, 2.45) is 0 Å². The van der Waals surface area contributed by atoms with Crippen molar-refractivity contribution < 1.29 is 19.7 Å². The highest BCUT2D eigenvalue weighted by Crippen LogP contribution is 2.32. The molecule has 0 aliphatic rings. The lowest BCUT2D eigenvalue weighted by Gasteiger charge is -2.15. The van der Waals surface area contributed by atoms with Gasteiger partial charge in [0.05, 0.1) is 13.2 Å². The van der Waals surface area contributed by atoms with Crippen LogP contribution in [0.4, 0.5) is 0 Å². The first-order chi connectivity index (χ1) is 21.1. The number of hydrogen-bond acceptors (Lipinski definition) is 4. The molecule has 1 aromatic rings. The van der Waals surface area contributed by atoms with E-state index >= 15 is 0 Å². The predicted molar refractivity (Wildman–Crippen MR) is 187 cm³/mol. The zero-order valence-electron chi connectivity index (χ0n) is 29.4.